The van der Waals surface area contributed by atoms with Crippen LogP contribution in [0.2, 0.25) is 5.02 Å². The molecule has 2 nitrogen and oxygen atoms in total. The summed E-state index contributed by atoms with van der Waals surface area (Å²) in [6, 6.07) is 13.2. The smallest absolute Gasteiger partial charge is 0.257 e. The molecule has 1 aliphatic rings. The van der Waals surface area contributed by atoms with Gasteiger partial charge in [-0.05, 0) is 47.6 Å². The normalized spacial score (nSPS) is 15.6. The highest BCUT2D eigenvalue weighted by molar-refractivity contribution is 6.34. The van der Waals surface area contributed by atoms with Gasteiger partial charge < -0.3 is 5.32 Å². The molecule has 0 saturated carbocycles. The molecule has 0 atom stereocenters. The van der Waals surface area contributed by atoms with Crippen molar-refractivity contribution in [2.45, 2.75) is 32.1 Å². The van der Waals surface area contributed by atoms with Crippen LogP contribution < -0.4 is 5.32 Å². The molecule has 0 aromatic heterocycles. The van der Waals surface area contributed by atoms with Gasteiger partial charge in [0.25, 0.3) is 5.91 Å². The molecule has 21 heavy (non-hydrogen) atoms. The topological polar surface area (TPSA) is 29.1 Å². The predicted octanol–water partition coefficient (Wildman–Crippen LogP) is 4.82. The van der Waals surface area contributed by atoms with Gasteiger partial charge in [-0.2, -0.15) is 0 Å². The lowest BCUT2D eigenvalue weighted by atomic mass is 9.86. The Hall–Kier alpha value is -1.80. The molecule has 108 valence electrons. The standard InChI is InChI=1S/C18H18ClNO/c1-18(2)11-10-12-14(18)7-5-9-16(12)20-17(21)13-6-3-4-8-15(13)19/h3-9H,10-11H2,1-2H3,(H,20,21). The summed E-state index contributed by atoms with van der Waals surface area (Å²) in [6.07, 6.45) is 2.11. The van der Waals surface area contributed by atoms with Gasteiger partial charge >= 0.3 is 0 Å². The second-order valence-corrected chi connectivity index (χ2v) is 6.56. The summed E-state index contributed by atoms with van der Waals surface area (Å²) in [6.45, 7) is 4.50. The average molecular weight is 300 g/mol. The molecule has 0 aliphatic heterocycles. The number of halogens is 1. The molecule has 1 aliphatic carbocycles. The van der Waals surface area contributed by atoms with Crippen molar-refractivity contribution in [1.29, 1.82) is 0 Å². The van der Waals surface area contributed by atoms with E-state index in [1.807, 2.05) is 24.3 Å². The van der Waals surface area contributed by atoms with E-state index < -0.39 is 0 Å². The summed E-state index contributed by atoms with van der Waals surface area (Å²) in [7, 11) is 0. The maximum atomic E-state index is 12.4. The van der Waals surface area contributed by atoms with Crippen LogP contribution in [0, 0.1) is 0 Å². The van der Waals surface area contributed by atoms with E-state index in [4.69, 9.17) is 11.6 Å². The Kier molecular flexibility index (Phi) is 3.50. The van der Waals surface area contributed by atoms with E-state index in [0.717, 1.165) is 18.5 Å². The van der Waals surface area contributed by atoms with Crippen LogP contribution in [0.1, 0.15) is 41.8 Å². The molecular weight excluding hydrogens is 282 g/mol. The van der Waals surface area contributed by atoms with E-state index >= 15 is 0 Å². The van der Waals surface area contributed by atoms with Crippen LogP contribution in [0.5, 0.6) is 0 Å². The molecule has 0 spiro atoms. The van der Waals surface area contributed by atoms with Gasteiger partial charge in [-0.1, -0.05) is 49.7 Å². The molecule has 3 rings (SSSR count). The largest absolute Gasteiger partial charge is 0.322 e. The first-order valence-electron chi connectivity index (χ1n) is 7.17. The molecule has 0 bridgehead atoms. The summed E-state index contributed by atoms with van der Waals surface area (Å²) >= 11 is 6.09. The lowest BCUT2D eigenvalue weighted by Gasteiger charge is -2.19. The van der Waals surface area contributed by atoms with Crippen LogP contribution in [0.25, 0.3) is 0 Å². The van der Waals surface area contributed by atoms with E-state index in [-0.39, 0.29) is 11.3 Å². The fourth-order valence-corrected chi connectivity index (χ4v) is 3.24. The lowest BCUT2D eigenvalue weighted by Crippen LogP contribution is -2.15. The molecule has 0 saturated heterocycles. The Morgan fingerprint density at radius 1 is 1.14 bits per heavy atom. The van der Waals surface area contributed by atoms with E-state index in [0.29, 0.717) is 10.6 Å². The molecule has 1 amide bonds. The van der Waals surface area contributed by atoms with E-state index in [1.54, 1.807) is 12.1 Å². The number of hydrogen-bond donors (Lipinski definition) is 1. The first-order chi connectivity index (χ1) is 9.99. The Morgan fingerprint density at radius 3 is 2.67 bits per heavy atom. The van der Waals surface area contributed by atoms with Crippen LogP contribution >= 0.6 is 11.6 Å². The Labute approximate surface area is 130 Å². The van der Waals surface area contributed by atoms with E-state index in [2.05, 4.69) is 25.2 Å². The van der Waals surface area contributed by atoms with Crippen molar-refractivity contribution in [3.05, 3.63) is 64.2 Å². The SMILES string of the molecule is CC1(C)CCc2c(NC(=O)c3ccccc3Cl)cccc21. The maximum Gasteiger partial charge on any atom is 0.257 e. The van der Waals surface area contributed by atoms with Crippen molar-refractivity contribution in [3.8, 4) is 0 Å². The third-order valence-electron chi connectivity index (χ3n) is 4.27. The summed E-state index contributed by atoms with van der Waals surface area (Å²) < 4.78 is 0. The van der Waals surface area contributed by atoms with E-state index in [9.17, 15) is 4.79 Å². The molecule has 0 fully saturated rings. The third kappa shape index (κ3) is 2.56. The summed E-state index contributed by atoms with van der Waals surface area (Å²) in [5.74, 6) is -0.154. The molecular formula is C18H18ClNO. The van der Waals surface area contributed by atoms with Gasteiger partial charge in [0.15, 0.2) is 0 Å². The van der Waals surface area contributed by atoms with Crippen molar-refractivity contribution in [2.75, 3.05) is 5.32 Å². The first-order valence-corrected chi connectivity index (χ1v) is 7.55. The fraction of sp³-hybridized carbons (Fsp3) is 0.278. The number of amides is 1. The zero-order valence-electron chi connectivity index (χ0n) is 12.2. The lowest BCUT2D eigenvalue weighted by molar-refractivity contribution is 0.102. The molecule has 2 aromatic rings. The monoisotopic (exact) mass is 299 g/mol. The maximum absolute atomic E-state index is 12.4. The van der Waals surface area contributed by atoms with Crippen LogP contribution in [0.4, 0.5) is 5.69 Å². The highest BCUT2D eigenvalue weighted by Gasteiger charge is 2.31. The van der Waals surface area contributed by atoms with Gasteiger partial charge in [0.2, 0.25) is 0 Å². The van der Waals surface area contributed by atoms with Crippen LogP contribution in [0.15, 0.2) is 42.5 Å². The van der Waals surface area contributed by atoms with Gasteiger partial charge in [-0.3, -0.25) is 4.79 Å². The molecule has 2 aromatic carbocycles. The Balaban J connectivity index is 1.92. The zero-order valence-corrected chi connectivity index (χ0v) is 13.0. The summed E-state index contributed by atoms with van der Waals surface area (Å²) in [5.41, 5.74) is 4.18. The van der Waals surface area contributed by atoms with E-state index in [1.165, 1.54) is 11.1 Å². The minimum Gasteiger partial charge on any atom is -0.322 e. The minimum atomic E-state index is -0.154. The third-order valence-corrected chi connectivity index (χ3v) is 4.60. The molecule has 1 N–H and O–H groups in total. The molecule has 0 heterocycles. The van der Waals surface area contributed by atoms with Crippen molar-refractivity contribution >= 4 is 23.2 Å². The second kappa shape index (κ2) is 5.19. The second-order valence-electron chi connectivity index (χ2n) is 6.15. The van der Waals surface area contributed by atoms with Crippen molar-refractivity contribution in [3.63, 3.8) is 0 Å². The van der Waals surface area contributed by atoms with Gasteiger partial charge in [-0.15, -0.1) is 0 Å². The number of carbonyl (C=O) groups excluding carboxylic acids is 1. The highest BCUT2D eigenvalue weighted by Crippen LogP contribution is 2.41. The number of nitrogens with one attached hydrogen (secondary N) is 1. The number of benzene rings is 2. The highest BCUT2D eigenvalue weighted by atomic mass is 35.5. The van der Waals surface area contributed by atoms with Gasteiger partial charge in [-0.25, -0.2) is 0 Å². The predicted molar refractivity (Wildman–Crippen MR) is 87.2 cm³/mol. The summed E-state index contributed by atoms with van der Waals surface area (Å²) in [5, 5.41) is 3.49. The number of fused-ring (bicyclic) bond motifs is 1. The van der Waals surface area contributed by atoms with Crippen LogP contribution in [-0.4, -0.2) is 5.91 Å². The number of rotatable bonds is 2. The Morgan fingerprint density at radius 2 is 1.90 bits per heavy atom. The van der Waals surface area contributed by atoms with Crippen molar-refractivity contribution < 1.29 is 4.79 Å². The van der Waals surface area contributed by atoms with Gasteiger partial charge in [0.05, 0.1) is 10.6 Å². The first kappa shape index (κ1) is 14.2. The Bertz CT molecular complexity index is 706. The quantitative estimate of drug-likeness (QED) is 0.846. The average Bonchev–Trinajstić information content (AvgIpc) is 2.76. The van der Waals surface area contributed by atoms with Gasteiger partial charge in [0, 0.05) is 5.69 Å². The zero-order chi connectivity index (χ0) is 15.0. The van der Waals surface area contributed by atoms with Gasteiger partial charge in [0.1, 0.15) is 0 Å². The summed E-state index contributed by atoms with van der Waals surface area (Å²) in [4.78, 5) is 12.4. The minimum absolute atomic E-state index is 0.154. The van der Waals surface area contributed by atoms with Crippen LogP contribution in [-0.2, 0) is 11.8 Å². The number of anilines is 1. The number of hydrogen-bond acceptors (Lipinski definition) is 1. The molecule has 0 unspecified atom stereocenters. The van der Waals surface area contributed by atoms with Crippen LogP contribution in [0.3, 0.4) is 0 Å². The molecule has 0 radical (unpaired) electrons. The number of carbonyl (C=O) groups is 1. The fourth-order valence-electron chi connectivity index (χ4n) is 3.01. The van der Waals surface area contributed by atoms with Crippen molar-refractivity contribution in [1.82, 2.24) is 0 Å². The van der Waals surface area contributed by atoms with Crippen molar-refractivity contribution in [2.24, 2.45) is 0 Å². The molecule has 3 heteroatoms.